The van der Waals surface area contributed by atoms with Crippen molar-refractivity contribution in [2.24, 2.45) is 5.73 Å². The molecule has 6 nitrogen and oxygen atoms in total. The zero-order valence-corrected chi connectivity index (χ0v) is 13.3. The van der Waals surface area contributed by atoms with Gasteiger partial charge in [0.1, 0.15) is 0 Å². The van der Waals surface area contributed by atoms with Crippen LogP contribution in [0.25, 0.3) is 0 Å². The van der Waals surface area contributed by atoms with Gasteiger partial charge in [0.2, 0.25) is 5.91 Å². The van der Waals surface area contributed by atoms with Gasteiger partial charge >= 0.3 is 0 Å². The number of furan rings is 1. The third-order valence-corrected chi connectivity index (χ3v) is 3.43. The molecule has 0 bridgehead atoms. The molecule has 0 saturated carbocycles. The minimum atomic E-state index is -0.354. The van der Waals surface area contributed by atoms with Crippen LogP contribution < -0.4 is 16.4 Å². The van der Waals surface area contributed by atoms with Crippen LogP contribution >= 0.6 is 12.4 Å². The Balaban J connectivity index is 0.00000400. The van der Waals surface area contributed by atoms with Crippen LogP contribution in [0.2, 0.25) is 0 Å². The summed E-state index contributed by atoms with van der Waals surface area (Å²) in [5.74, 6) is -0.206. The van der Waals surface area contributed by atoms with E-state index in [2.05, 4.69) is 10.6 Å². The molecule has 0 aliphatic rings. The van der Waals surface area contributed by atoms with Crippen LogP contribution in [-0.2, 0) is 4.79 Å². The molecule has 0 aliphatic heterocycles. The Kier molecular flexibility index (Phi) is 8.73. The lowest BCUT2D eigenvalue weighted by Crippen LogP contribution is -2.49. The highest BCUT2D eigenvalue weighted by atomic mass is 35.5. The minimum absolute atomic E-state index is 0. The monoisotopic (exact) mass is 317 g/mol. The summed E-state index contributed by atoms with van der Waals surface area (Å²) in [4.78, 5) is 23.2. The van der Waals surface area contributed by atoms with E-state index < -0.39 is 0 Å². The molecule has 21 heavy (non-hydrogen) atoms. The summed E-state index contributed by atoms with van der Waals surface area (Å²) in [6.07, 6.45) is 3.26. The molecule has 7 heteroatoms. The average Bonchev–Trinajstić information content (AvgIpc) is 2.99. The fourth-order valence-electron chi connectivity index (χ4n) is 1.65. The SMILES string of the molecule is CCC(N)(CC)CNC(=O)CCNC(=O)c1ccco1.Cl. The fourth-order valence-corrected chi connectivity index (χ4v) is 1.65. The first-order valence-electron chi connectivity index (χ1n) is 6.88. The standard InChI is InChI=1S/C14H23N3O3.ClH/c1-3-14(15,4-2)10-17-12(18)7-8-16-13(19)11-6-5-9-20-11;/h5-6,9H,3-4,7-8,10,15H2,1-2H3,(H,16,19)(H,17,18);1H. The van der Waals surface area contributed by atoms with E-state index in [0.29, 0.717) is 6.54 Å². The summed E-state index contributed by atoms with van der Waals surface area (Å²) >= 11 is 0. The minimum Gasteiger partial charge on any atom is -0.459 e. The molecule has 0 fully saturated rings. The van der Waals surface area contributed by atoms with Crippen LogP contribution in [0.1, 0.15) is 43.7 Å². The maximum absolute atomic E-state index is 11.6. The van der Waals surface area contributed by atoms with Gasteiger partial charge in [-0.25, -0.2) is 0 Å². The van der Waals surface area contributed by atoms with Gasteiger partial charge in [-0.2, -0.15) is 0 Å². The number of hydrogen-bond acceptors (Lipinski definition) is 4. The van der Waals surface area contributed by atoms with Crippen LogP contribution in [0.4, 0.5) is 0 Å². The van der Waals surface area contributed by atoms with Gasteiger partial charge in [0.15, 0.2) is 5.76 Å². The van der Waals surface area contributed by atoms with Crippen molar-refractivity contribution < 1.29 is 14.0 Å². The second-order valence-electron chi connectivity index (χ2n) is 4.83. The van der Waals surface area contributed by atoms with Crippen LogP contribution in [0.15, 0.2) is 22.8 Å². The summed E-state index contributed by atoms with van der Waals surface area (Å²) in [7, 11) is 0. The fraction of sp³-hybridized carbons (Fsp3) is 0.571. The molecule has 0 aliphatic carbocycles. The molecule has 0 spiro atoms. The topological polar surface area (TPSA) is 97.4 Å². The van der Waals surface area contributed by atoms with Crippen LogP contribution in [0.5, 0.6) is 0 Å². The molecule has 2 amide bonds. The van der Waals surface area contributed by atoms with Crippen molar-refractivity contribution >= 4 is 24.2 Å². The van der Waals surface area contributed by atoms with E-state index in [0.717, 1.165) is 12.8 Å². The van der Waals surface area contributed by atoms with E-state index in [-0.39, 0.29) is 48.5 Å². The van der Waals surface area contributed by atoms with Gasteiger partial charge in [-0.15, -0.1) is 12.4 Å². The van der Waals surface area contributed by atoms with E-state index in [1.807, 2.05) is 13.8 Å². The molecule has 0 aromatic carbocycles. The van der Waals surface area contributed by atoms with E-state index >= 15 is 0 Å². The number of nitrogens with one attached hydrogen (secondary N) is 2. The largest absolute Gasteiger partial charge is 0.459 e. The van der Waals surface area contributed by atoms with E-state index in [1.54, 1.807) is 12.1 Å². The number of carbonyl (C=O) groups excluding carboxylic acids is 2. The molecule has 0 radical (unpaired) electrons. The van der Waals surface area contributed by atoms with Gasteiger partial charge < -0.3 is 20.8 Å². The number of rotatable bonds is 8. The molecule has 0 atom stereocenters. The predicted molar refractivity (Wildman–Crippen MR) is 83.4 cm³/mol. The van der Waals surface area contributed by atoms with Gasteiger partial charge in [0, 0.05) is 25.0 Å². The summed E-state index contributed by atoms with van der Waals surface area (Å²) in [6.45, 7) is 4.71. The molecule has 0 unspecified atom stereocenters. The zero-order valence-electron chi connectivity index (χ0n) is 12.5. The lowest BCUT2D eigenvalue weighted by Gasteiger charge is -2.26. The summed E-state index contributed by atoms with van der Waals surface area (Å²) in [6, 6.07) is 3.21. The third kappa shape index (κ3) is 6.64. The molecule has 1 rings (SSSR count). The quantitative estimate of drug-likeness (QED) is 0.676. The summed E-state index contributed by atoms with van der Waals surface area (Å²) < 4.78 is 4.94. The Morgan fingerprint density at radius 2 is 1.95 bits per heavy atom. The van der Waals surface area contributed by atoms with Crippen molar-refractivity contribution in [3.05, 3.63) is 24.2 Å². The maximum Gasteiger partial charge on any atom is 0.286 e. The first-order valence-corrected chi connectivity index (χ1v) is 6.88. The summed E-state index contributed by atoms with van der Waals surface area (Å²) in [5.41, 5.74) is 5.73. The third-order valence-electron chi connectivity index (χ3n) is 3.43. The normalized spacial score (nSPS) is 10.6. The lowest BCUT2D eigenvalue weighted by molar-refractivity contribution is -0.121. The van der Waals surface area contributed by atoms with Crippen molar-refractivity contribution in [3.63, 3.8) is 0 Å². The molecule has 0 saturated heterocycles. The molecular formula is C14H24ClN3O3. The van der Waals surface area contributed by atoms with Gasteiger partial charge in [0.05, 0.1) is 6.26 Å². The van der Waals surface area contributed by atoms with Crippen molar-refractivity contribution in [2.75, 3.05) is 13.1 Å². The van der Waals surface area contributed by atoms with Crippen LogP contribution in [-0.4, -0.2) is 30.4 Å². The maximum atomic E-state index is 11.6. The highest BCUT2D eigenvalue weighted by molar-refractivity contribution is 5.91. The number of hydrogen-bond donors (Lipinski definition) is 3. The van der Waals surface area contributed by atoms with Crippen LogP contribution in [0.3, 0.4) is 0 Å². The first-order chi connectivity index (χ1) is 9.50. The highest BCUT2D eigenvalue weighted by Gasteiger charge is 2.20. The molecule has 1 aromatic rings. The first kappa shape index (κ1) is 19.5. The molecular weight excluding hydrogens is 294 g/mol. The lowest BCUT2D eigenvalue weighted by atomic mass is 9.94. The number of carbonyl (C=O) groups is 2. The second-order valence-corrected chi connectivity index (χ2v) is 4.83. The average molecular weight is 318 g/mol. The Morgan fingerprint density at radius 3 is 2.48 bits per heavy atom. The van der Waals surface area contributed by atoms with E-state index in [4.69, 9.17) is 10.2 Å². The zero-order chi connectivity index (χ0) is 15.0. The molecule has 120 valence electrons. The van der Waals surface area contributed by atoms with Crippen molar-refractivity contribution in [3.8, 4) is 0 Å². The molecule has 4 N–H and O–H groups in total. The number of halogens is 1. The van der Waals surface area contributed by atoms with Gasteiger partial charge in [-0.1, -0.05) is 13.8 Å². The number of nitrogens with two attached hydrogens (primary N) is 1. The highest BCUT2D eigenvalue weighted by Crippen LogP contribution is 2.09. The van der Waals surface area contributed by atoms with Crippen molar-refractivity contribution in [2.45, 2.75) is 38.6 Å². The van der Waals surface area contributed by atoms with Gasteiger partial charge in [0.25, 0.3) is 5.91 Å². The molecule has 1 aromatic heterocycles. The van der Waals surface area contributed by atoms with E-state index in [1.165, 1.54) is 6.26 Å². The Bertz CT molecular complexity index is 431. The Morgan fingerprint density at radius 1 is 1.29 bits per heavy atom. The van der Waals surface area contributed by atoms with Crippen molar-refractivity contribution in [1.29, 1.82) is 0 Å². The summed E-state index contributed by atoms with van der Waals surface area (Å²) in [5, 5.41) is 5.41. The Hall–Kier alpha value is -1.53. The number of amides is 2. The Labute approximate surface area is 131 Å². The van der Waals surface area contributed by atoms with Gasteiger partial charge in [-0.05, 0) is 25.0 Å². The molecule has 1 heterocycles. The van der Waals surface area contributed by atoms with E-state index in [9.17, 15) is 9.59 Å². The van der Waals surface area contributed by atoms with Gasteiger partial charge in [-0.3, -0.25) is 9.59 Å². The van der Waals surface area contributed by atoms with Crippen LogP contribution in [0, 0.1) is 0 Å². The predicted octanol–water partition coefficient (Wildman–Crippen LogP) is 1.46. The second kappa shape index (κ2) is 9.41. The van der Waals surface area contributed by atoms with Crippen molar-refractivity contribution in [1.82, 2.24) is 10.6 Å². The smallest absolute Gasteiger partial charge is 0.286 e.